The van der Waals surface area contributed by atoms with E-state index >= 15 is 0 Å². The van der Waals surface area contributed by atoms with Gasteiger partial charge in [0.25, 0.3) is 0 Å². The second-order valence-electron chi connectivity index (χ2n) is 7.18. The third kappa shape index (κ3) is 6.71. The topological polar surface area (TPSA) is 104 Å². The molecule has 2 rings (SSSR count). The van der Waals surface area contributed by atoms with E-state index in [4.69, 9.17) is 4.74 Å². The van der Waals surface area contributed by atoms with E-state index in [1.54, 1.807) is 0 Å². The molecule has 1 aromatic rings. The van der Waals surface area contributed by atoms with Gasteiger partial charge in [0.05, 0.1) is 12.2 Å². The van der Waals surface area contributed by atoms with Crippen LogP contribution >= 0.6 is 11.3 Å². The number of ether oxygens (including phenoxy) is 1. The first kappa shape index (κ1) is 23.1. The Labute approximate surface area is 180 Å². The summed E-state index contributed by atoms with van der Waals surface area (Å²) >= 11 is 1.41. The highest BCUT2D eigenvalue weighted by molar-refractivity contribution is 7.16. The Hall–Kier alpha value is -3.18. The number of aliphatic imine (C=N–C) groups is 1. The number of allylic oxidation sites excluding steroid dienone is 2. The molecule has 30 heavy (non-hydrogen) atoms. The Balaban J connectivity index is 2.01. The molecule has 1 heterocycles. The van der Waals surface area contributed by atoms with Crippen molar-refractivity contribution in [2.75, 3.05) is 11.9 Å². The molecule has 0 spiro atoms. The Morgan fingerprint density at radius 3 is 2.87 bits per heavy atom. The van der Waals surface area contributed by atoms with Crippen LogP contribution in [0.25, 0.3) is 0 Å². The number of hydrogen-bond donors (Lipinski definition) is 2. The lowest BCUT2D eigenvalue weighted by molar-refractivity contribution is -0.111. The number of nitriles is 1. The van der Waals surface area contributed by atoms with Gasteiger partial charge < -0.3 is 15.4 Å². The quantitative estimate of drug-likeness (QED) is 0.371. The zero-order valence-corrected chi connectivity index (χ0v) is 18.1. The van der Waals surface area contributed by atoms with Crippen molar-refractivity contribution in [1.29, 1.82) is 5.26 Å². The van der Waals surface area contributed by atoms with Gasteiger partial charge in [-0.05, 0) is 56.2 Å². The van der Waals surface area contributed by atoms with E-state index in [2.05, 4.69) is 34.9 Å². The maximum absolute atomic E-state index is 12.2. The number of nitrogens with one attached hydrogen (secondary N) is 2. The molecule has 2 N–H and O–H groups in total. The molecule has 0 aliphatic heterocycles. The maximum atomic E-state index is 12.2. The number of thiophene rings is 1. The van der Waals surface area contributed by atoms with Crippen LogP contribution in [0, 0.1) is 17.2 Å². The summed E-state index contributed by atoms with van der Waals surface area (Å²) in [6, 6.07) is 2.24. The summed E-state index contributed by atoms with van der Waals surface area (Å²) < 4.78 is 5.30. The fourth-order valence-corrected chi connectivity index (χ4v) is 4.32. The molecule has 2 amide bonds. The van der Waals surface area contributed by atoms with Gasteiger partial charge >= 0.3 is 6.09 Å². The average molecular weight is 427 g/mol. The van der Waals surface area contributed by atoms with Gasteiger partial charge in [0, 0.05) is 29.4 Å². The summed E-state index contributed by atoms with van der Waals surface area (Å²) in [5.41, 5.74) is 2.05. The minimum atomic E-state index is -0.417. The summed E-state index contributed by atoms with van der Waals surface area (Å²) in [6.45, 7) is 11.3. The van der Waals surface area contributed by atoms with E-state index in [9.17, 15) is 14.9 Å². The third-order valence-corrected chi connectivity index (χ3v) is 5.54. The van der Waals surface area contributed by atoms with Gasteiger partial charge in [-0.25, -0.2) is 4.79 Å². The second kappa shape index (κ2) is 11.1. The van der Waals surface area contributed by atoms with Crippen LogP contribution in [0.4, 0.5) is 9.80 Å². The molecule has 158 valence electrons. The number of rotatable bonds is 8. The van der Waals surface area contributed by atoms with Crippen LogP contribution < -0.4 is 10.6 Å². The summed E-state index contributed by atoms with van der Waals surface area (Å²) in [4.78, 5) is 28.8. The van der Waals surface area contributed by atoms with E-state index < -0.39 is 6.09 Å². The molecule has 0 radical (unpaired) electrons. The van der Waals surface area contributed by atoms with Crippen LogP contribution in [0.3, 0.4) is 0 Å². The molecule has 0 saturated carbocycles. The predicted molar refractivity (Wildman–Crippen MR) is 120 cm³/mol. The molecule has 1 unspecified atom stereocenters. The third-order valence-electron chi connectivity index (χ3n) is 4.37. The highest BCUT2D eigenvalue weighted by Gasteiger charge is 2.27. The molecule has 8 heteroatoms. The lowest BCUT2D eigenvalue weighted by atomic mass is 9.88. The normalized spacial score (nSPS) is 15.6. The maximum Gasteiger partial charge on any atom is 0.407 e. The zero-order chi connectivity index (χ0) is 22.1. The SMILES string of the molecule is C=CN=CC(=C)/C=C/C(=O)Nc1sc2c(c1C#N)CCC(COC(=O)NC(C)C)C2. The highest BCUT2D eigenvalue weighted by Crippen LogP contribution is 2.39. The number of amides is 2. The van der Waals surface area contributed by atoms with Crippen molar-refractivity contribution in [3.05, 3.63) is 53.1 Å². The number of carbonyl (C=O) groups is 2. The molecule has 7 nitrogen and oxygen atoms in total. The van der Waals surface area contributed by atoms with E-state index in [1.807, 2.05) is 13.8 Å². The Morgan fingerprint density at radius 1 is 1.43 bits per heavy atom. The number of alkyl carbamates (subject to hydrolysis) is 1. The average Bonchev–Trinajstić information content (AvgIpc) is 3.04. The van der Waals surface area contributed by atoms with Gasteiger partial charge in [-0.3, -0.25) is 9.79 Å². The Bertz CT molecular complexity index is 922. The van der Waals surface area contributed by atoms with E-state index in [0.29, 0.717) is 29.2 Å². The first-order chi connectivity index (χ1) is 14.3. The van der Waals surface area contributed by atoms with Gasteiger partial charge in [0.1, 0.15) is 11.1 Å². The fraction of sp³-hybridized carbons (Fsp3) is 0.364. The van der Waals surface area contributed by atoms with Crippen molar-refractivity contribution in [2.24, 2.45) is 10.9 Å². The standard InChI is InChI=1S/C22H26N4O3S/c1-5-24-12-15(4)6-9-20(27)26-21-18(11-23)17-8-7-16(10-19(17)30-21)13-29-22(28)25-14(2)3/h5-6,9,12,14,16H,1,4,7-8,10,13H2,2-3H3,(H,25,28)(H,26,27)/b9-6+,24-12?. The van der Waals surface area contributed by atoms with Crippen LogP contribution in [0.15, 0.2) is 42.1 Å². The van der Waals surface area contributed by atoms with Crippen LogP contribution in [0.1, 0.15) is 36.3 Å². The molecule has 1 aliphatic rings. The van der Waals surface area contributed by atoms with Gasteiger partial charge in [0.2, 0.25) is 5.91 Å². The number of hydrogen-bond acceptors (Lipinski definition) is 6. The summed E-state index contributed by atoms with van der Waals surface area (Å²) in [7, 11) is 0. The first-order valence-electron chi connectivity index (χ1n) is 9.64. The van der Waals surface area contributed by atoms with Crippen molar-refractivity contribution < 1.29 is 14.3 Å². The van der Waals surface area contributed by atoms with Gasteiger partial charge in [0.15, 0.2) is 0 Å². The summed E-state index contributed by atoms with van der Waals surface area (Å²) in [5.74, 6) is -0.153. The summed E-state index contributed by atoms with van der Waals surface area (Å²) in [5, 5.41) is 15.6. The second-order valence-corrected chi connectivity index (χ2v) is 8.29. The number of carbonyl (C=O) groups excluding carboxylic acids is 2. The smallest absolute Gasteiger partial charge is 0.407 e. The number of anilines is 1. The van der Waals surface area contributed by atoms with E-state index in [1.165, 1.54) is 35.9 Å². The molecule has 0 bridgehead atoms. The molecule has 1 aromatic heterocycles. The van der Waals surface area contributed by atoms with Crippen LogP contribution in [0.2, 0.25) is 0 Å². The largest absolute Gasteiger partial charge is 0.449 e. The molecular formula is C22H26N4O3S. The molecule has 1 atom stereocenters. The van der Waals surface area contributed by atoms with Crippen molar-refractivity contribution >= 4 is 34.6 Å². The molecule has 1 aliphatic carbocycles. The van der Waals surface area contributed by atoms with E-state index in [-0.39, 0.29) is 17.9 Å². The monoisotopic (exact) mass is 426 g/mol. The van der Waals surface area contributed by atoms with Gasteiger partial charge in [-0.2, -0.15) is 5.26 Å². The highest BCUT2D eigenvalue weighted by atomic mass is 32.1. The van der Waals surface area contributed by atoms with Gasteiger partial charge in [-0.1, -0.05) is 13.2 Å². The lowest BCUT2D eigenvalue weighted by Crippen LogP contribution is -2.32. The van der Waals surface area contributed by atoms with Crippen molar-refractivity contribution in [1.82, 2.24) is 5.32 Å². The fourth-order valence-electron chi connectivity index (χ4n) is 3.00. The minimum Gasteiger partial charge on any atom is -0.449 e. The van der Waals surface area contributed by atoms with Crippen LogP contribution in [-0.4, -0.2) is 30.9 Å². The zero-order valence-electron chi connectivity index (χ0n) is 17.2. The molecule has 0 saturated heterocycles. The number of nitrogens with zero attached hydrogens (tertiary/aromatic N) is 2. The van der Waals surface area contributed by atoms with Crippen LogP contribution in [0.5, 0.6) is 0 Å². The van der Waals surface area contributed by atoms with Crippen molar-refractivity contribution in [2.45, 2.75) is 39.2 Å². The van der Waals surface area contributed by atoms with E-state index in [0.717, 1.165) is 23.3 Å². The first-order valence-corrected chi connectivity index (χ1v) is 10.5. The number of fused-ring (bicyclic) bond motifs is 1. The summed E-state index contributed by atoms with van der Waals surface area (Å²) in [6.07, 6.45) is 7.59. The molecule has 0 aromatic carbocycles. The molecular weight excluding hydrogens is 400 g/mol. The molecule has 0 fully saturated rings. The van der Waals surface area contributed by atoms with Crippen LogP contribution in [-0.2, 0) is 22.4 Å². The van der Waals surface area contributed by atoms with Crippen molar-refractivity contribution in [3.8, 4) is 6.07 Å². The Morgan fingerprint density at radius 2 is 2.20 bits per heavy atom. The predicted octanol–water partition coefficient (Wildman–Crippen LogP) is 4.12. The Kier molecular flexibility index (Phi) is 8.56. The van der Waals surface area contributed by atoms with Crippen molar-refractivity contribution in [3.63, 3.8) is 0 Å². The van der Waals surface area contributed by atoms with Gasteiger partial charge in [-0.15, -0.1) is 11.3 Å². The lowest BCUT2D eigenvalue weighted by Gasteiger charge is -2.22. The minimum absolute atomic E-state index is 0.0256.